The van der Waals surface area contributed by atoms with Crippen LogP contribution < -0.4 is 5.73 Å². The molecule has 23 heavy (non-hydrogen) atoms. The summed E-state index contributed by atoms with van der Waals surface area (Å²) in [6.07, 6.45) is 2.91. The Morgan fingerprint density at radius 3 is 2.30 bits per heavy atom. The summed E-state index contributed by atoms with van der Waals surface area (Å²) >= 11 is 5.96. The van der Waals surface area contributed by atoms with Crippen molar-refractivity contribution in [2.24, 2.45) is 17.6 Å². The van der Waals surface area contributed by atoms with Crippen LogP contribution in [0.5, 0.6) is 0 Å². The van der Waals surface area contributed by atoms with Crippen molar-refractivity contribution in [1.82, 2.24) is 4.90 Å². The second kappa shape index (κ2) is 9.56. The van der Waals surface area contributed by atoms with Gasteiger partial charge >= 0.3 is 0 Å². The third-order valence-electron chi connectivity index (χ3n) is 3.85. The van der Waals surface area contributed by atoms with Crippen molar-refractivity contribution in [3.63, 3.8) is 0 Å². The number of halogens is 1. The Hall–Kier alpha value is -1.55. The van der Waals surface area contributed by atoms with Gasteiger partial charge in [-0.1, -0.05) is 44.5 Å². The number of nitrogens with zero attached hydrogens (tertiary/aromatic N) is 1. The fourth-order valence-electron chi connectivity index (χ4n) is 2.76. The number of primary amides is 1. The van der Waals surface area contributed by atoms with Crippen LogP contribution in [0.1, 0.15) is 51.6 Å². The highest BCUT2D eigenvalue weighted by Gasteiger charge is 2.21. The Balaban J connectivity index is 2.89. The van der Waals surface area contributed by atoms with E-state index in [4.69, 9.17) is 17.3 Å². The van der Waals surface area contributed by atoms with Gasteiger partial charge in [0.15, 0.2) is 0 Å². The van der Waals surface area contributed by atoms with Gasteiger partial charge in [-0.15, -0.1) is 0 Å². The zero-order chi connectivity index (χ0) is 17.4. The molecule has 2 unspecified atom stereocenters. The minimum atomic E-state index is -0.282. The fourth-order valence-corrected chi connectivity index (χ4v) is 2.89. The SMILES string of the molecule is CC(C)CN(C=O)C(CCC(C)CC(N)=O)c1ccc(Cl)cc1. The van der Waals surface area contributed by atoms with Crippen LogP contribution in [0.15, 0.2) is 24.3 Å². The monoisotopic (exact) mass is 338 g/mol. The smallest absolute Gasteiger partial charge is 0.217 e. The van der Waals surface area contributed by atoms with E-state index in [0.717, 1.165) is 24.8 Å². The molecule has 0 heterocycles. The van der Waals surface area contributed by atoms with Gasteiger partial charge in [0.2, 0.25) is 12.3 Å². The summed E-state index contributed by atoms with van der Waals surface area (Å²) in [5.74, 6) is 0.308. The lowest BCUT2D eigenvalue weighted by Gasteiger charge is -2.31. The number of nitrogens with two attached hydrogens (primary N) is 1. The maximum absolute atomic E-state index is 11.6. The third-order valence-corrected chi connectivity index (χ3v) is 4.10. The second-order valence-corrected chi connectivity index (χ2v) is 7.05. The Morgan fingerprint density at radius 2 is 1.83 bits per heavy atom. The van der Waals surface area contributed by atoms with E-state index in [-0.39, 0.29) is 17.9 Å². The van der Waals surface area contributed by atoms with Gasteiger partial charge in [0.1, 0.15) is 0 Å². The quantitative estimate of drug-likeness (QED) is 0.660. The molecule has 0 saturated heterocycles. The zero-order valence-electron chi connectivity index (χ0n) is 14.2. The molecule has 0 fully saturated rings. The van der Waals surface area contributed by atoms with Gasteiger partial charge in [0, 0.05) is 18.0 Å². The third kappa shape index (κ3) is 7.04. The molecule has 4 nitrogen and oxygen atoms in total. The van der Waals surface area contributed by atoms with Crippen molar-refractivity contribution in [1.29, 1.82) is 0 Å². The Labute approximate surface area is 144 Å². The van der Waals surface area contributed by atoms with Gasteiger partial charge in [0.25, 0.3) is 0 Å². The number of rotatable bonds is 10. The van der Waals surface area contributed by atoms with Crippen LogP contribution >= 0.6 is 11.6 Å². The van der Waals surface area contributed by atoms with E-state index in [2.05, 4.69) is 13.8 Å². The summed E-state index contributed by atoms with van der Waals surface area (Å²) in [5, 5.41) is 0.677. The number of benzene rings is 1. The molecule has 128 valence electrons. The summed E-state index contributed by atoms with van der Waals surface area (Å²) in [7, 11) is 0. The van der Waals surface area contributed by atoms with Crippen molar-refractivity contribution in [2.75, 3.05) is 6.54 Å². The molecule has 1 rings (SSSR count). The first kappa shape index (κ1) is 19.5. The molecular weight excluding hydrogens is 312 g/mol. The standard InChI is InChI=1S/C18H27ClN2O2/c1-13(2)11-21(12-22)17(9-4-14(3)10-18(20)23)15-5-7-16(19)8-6-15/h5-8,12-14,17H,4,9-11H2,1-3H3,(H2,20,23). The minimum absolute atomic E-state index is 0.0116. The molecule has 1 aromatic carbocycles. The Bertz CT molecular complexity index is 502. The number of carbonyl (C=O) groups excluding carboxylic acids is 2. The van der Waals surface area contributed by atoms with E-state index in [1.165, 1.54) is 0 Å². The summed E-state index contributed by atoms with van der Waals surface area (Å²) in [6, 6.07) is 7.59. The molecule has 0 aliphatic rings. The minimum Gasteiger partial charge on any atom is -0.370 e. The molecule has 2 N–H and O–H groups in total. The van der Waals surface area contributed by atoms with E-state index in [0.29, 0.717) is 23.9 Å². The number of hydrogen-bond acceptors (Lipinski definition) is 2. The molecule has 0 aliphatic carbocycles. The van der Waals surface area contributed by atoms with Crippen molar-refractivity contribution in [2.45, 2.75) is 46.1 Å². The average Bonchev–Trinajstić information content (AvgIpc) is 2.46. The Morgan fingerprint density at radius 1 is 1.22 bits per heavy atom. The van der Waals surface area contributed by atoms with Crippen LogP contribution in [0.2, 0.25) is 5.02 Å². The predicted molar refractivity (Wildman–Crippen MR) is 94.0 cm³/mol. The molecule has 1 aromatic rings. The first-order valence-corrected chi connectivity index (χ1v) is 8.46. The van der Waals surface area contributed by atoms with Gasteiger partial charge in [0.05, 0.1) is 6.04 Å². The molecule has 0 radical (unpaired) electrons. The molecule has 0 saturated carbocycles. The van der Waals surface area contributed by atoms with Crippen LogP contribution in [-0.4, -0.2) is 23.8 Å². The lowest BCUT2D eigenvalue weighted by atomic mass is 9.93. The van der Waals surface area contributed by atoms with Crippen LogP contribution in [0.4, 0.5) is 0 Å². The van der Waals surface area contributed by atoms with E-state index in [1.807, 2.05) is 36.1 Å². The largest absolute Gasteiger partial charge is 0.370 e. The van der Waals surface area contributed by atoms with Crippen molar-refractivity contribution in [3.8, 4) is 0 Å². The Kier molecular flexibility index (Phi) is 8.10. The molecule has 5 heteroatoms. The predicted octanol–water partition coefficient (Wildman–Crippen LogP) is 3.79. The lowest BCUT2D eigenvalue weighted by Crippen LogP contribution is -2.31. The maximum atomic E-state index is 11.6. The number of amides is 2. The van der Waals surface area contributed by atoms with E-state index < -0.39 is 0 Å². The fraction of sp³-hybridized carbons (Fsp3) is 0.556. The summed E-state index contributed by atoms with van der Waals surface area (Å²) < 4.78 is 0. The highest BCUT2D eigenvalue weighted by molar-refractivity contribution is 6.30. The first-order chi connectivity index (χ1) is 10.8. The van der Waals surface area contributed by atoms with E-state index in [9.17, 15) is 9.59 Å². The average molecular weight is 339 g/mol. The van der Waals surface area contributed by atoms with Gasteiger partial charge in [-0.2, -0.15) is 0 Å². The van der Waals surface area contributed by atoms with Crippen LogP contribution in [0.25, 0.3) is 0 Å². The van der Waals surface area contributed by atoms with Gasteiger partial charge in [-0.3, -0.25) is 9.59 Å². The topological polar surface area (TPSA) is 63.4 Å². The lowest BCUT2D eigenvalue weighted by molar-refractivity contribution is -0.121. The summed E-state index contributed by atoms with van der Waals surface area (Å²) in [5.41, 5.74) is 6.32. The number of hydrogen-bond donors (Lipinski definition) is 1. The first-order valence-electron chi connectivity index (χ1n) is 8.08. The normalized spacial score (nSPS) is 13.6. The molecule has 0 spiro atoms. The molecule has 2 atom stereocenters. The summed E-state index contributed by atoms with van der Waals surface area (Å²) in [6.45, 7) is 6.88. The highest BCUT2D eigenvalue weighted by atomic mass is 35.5. The number of carbonyl (C=O) groups is 2. The van der Waals surface area contributed by atoms with Crippen molar-refractivity contribution < 1.29 is 9.59 Å². The van der Waals surface area contributed by atoms with Crippen molar-refractivity contribution >= 4 is 23.9 Å². The second-order valence-electron chi connectivity index (χ2n) is 6.62. The van der Waals surface area contributed by atoms with Crippen molar-refractivity contribution in [3.05, 3.63) is 34.9 Å². The van der Waals surface area contributed by atoms with Crippen LogP contribution in [0.3, 0.4) is 0 Å². The van der Waals surface area contributed by atoms with E-state index >= 15 is 0 Å². The highest BCUT2D eigenvalue weighted by Crippen LogP contribution is 2.29. The van der Waals surface area contributed by atoms with E-state index in [1.54, 1.807) is 0 Å². The van der Waals surface area contributed by atoms with Crippen LogP contribution in [0, 0.1) is 11.8 Å². The van der Waals surface area contributed by atoms with Crippen LogP contribution in [-0.2, 0) is 9.59 Å². The molecule has 0 aromatic heterocycles. The summed E-state index contributed by atoms with van der Waals surface area (Å²) in [4.78, 5) is 24.4. The van der Waals surface area contributed by atoms with Gasteiger partial charge in [-0.25, -0.2) is 0 Å². The molecular formula is C18H27ClN2O2. The molecule has 0 aliphatic heterocycles. The zero-order valence-corrected chi connectivity index (χ0v) is 14.9. The maximum Gasteiger partial charge on any atom is 0.217 e. The molecule has 0 bridgehead atoms. The van der Waals surface area contributed by atoms with Gasteiger partial charge < -0.3 is 10.6 Å². The molecule has 2 amide bonds. The van der Waals surface area contributed by atoms with Gasteiger partial charge in [-0.05, 0) is 42.4 Å².